The molecule has 2 rings (SSSR count). The van der Waals surface area contributed by atoms with Crippen LogP contribution in [0.4, 0.5) is 4.39 Å². The van der Waals surface area contributed by atoms with E-state index in [2.05, 4.69) is 4.99 Å². The van der Waals surface area contributed by atoms with Gasteiger partial charge in [-0.3, -0.25) is 4.99 Å². The summed E-state index contributed by atoms with van der Waals surface area (Å²) in [6.07, 6.45) is 1.80. The molecule has 1 aliphatic rings. The third kappa shape index (κ3) is 1.94. The van der Waals surface area contributed by atoms with E-state index in [4.69, 9.17) is 0 Å². The van der Waals surface area contributed by atoms with E-state index in [0.29, 0.717) is 0 Å². The normalized spacial score (nSPS) is 31.1. The molecule has 1 aromatic carbocycles. The van der Waals surface area contributed by atoms with Gasteiger partial charge in [0, 0.05) is 5.92 Å². The molecule has 1 heterocycles. The second-order valence-corrected chi connectivity index (χ2v) is 4.51. The van der Waals surface area contributed by atoms with E-state index in [0.717, 1.165) is 18.4 Å². The Kier molecular flexibility index (Phi) is 2.59. The van der Waals surface area contributed by atoms with Crippen molar-refractivity contribution < 1.29 is 4.39 Å². The second kappa shape index (κ2) is 3.76. The number of aliphatic imine (C=N–C) groups is 1. The average Bonchev–Trinajstić information content (AvgIpc) is 2.26. The highest BCUT2D eigenvalue weighted by Gasteiger charge is 2.32. The minimum Gasteiger partial charge on any atom is -0.250 e. The van der Waals surface area contributed by atoms with Crippen molar-refractivity contribution in [3.8, 4) is 0 Å². The second-order valence-electron chi connectivity index (χ2n) is 4.51. The lowest BCUT2D eigenvalue weighted by molar-refractivity contribution is 0.371. The molecule has 0 aromatic heterocycles. The standard InChI is InChI=1S/C13H16FN/c1-10-8-9-13(2,15-12(10)14)11-6-4-3-5-7-11/h3-7,10H,8-9H2,1-2H3. The first-order valence-electron chi connectivity index (χ1n) is 5.42. The Morgan fingerprint density at radius 3 is 2.60 bits per heavy atom. The predicted octanol–water partition coefficient (Wildman–Crippen LogP) is 3.70. The molecular weight excluding hydrogens is 189 g/mol. The van der Waals surface area contributed by atoms with E-state index in [9.17, 15) is 4.39 Å². The third-order valence-corrected chi connectivity index (χ3v) is 3.22. The van der Waals surface area contributed by atoms with Gasteiger partial charge in [-0.25, -0.2) is 0 Å². The van der Waals surface area contributed by atoms with Crippen LogP contribution in [0.15, 0.2) is 35.3 Å². The molecule has 0 aliphatic carbocycles. The Balaban J connectivity index is 2.36. The maximum absolute atomic E-state index is 13.5. The van der Waals surface area contributed by atoms with Crippen molar-refractivity contribution in [3.63, 3.8) is 0 Å². The van der Waals surface area contributed by atoms with Crippen LogP contribution < -0.4 is 0 Å². The van der Waals surface area contributed by atoms with Gasteiger partial charge < -0.3 is 0 Å². The molecule has 0 fully saturated rings. The first-order valence-corrected chi connectivity index (χ1v) is 5.42. The lowest BCUT2D eigenvalue weighted by Gasteiger charge is -2.31. The Labute approximate surface area is 90.0 Å². The highest BCUT2D eigenvalue weighted by atomic mass is 19.1. The van der Waals surface area contributed by atoms with Gasteiger partial charge >= 0.3 is 0 Å². The fourth-order valence-electron chi connectivity index (χ4n) is 2.02. The molecule has 0 saturated heterocycles. The van der Waals surface area contributed by atoms with E-state index in [1.165, 1.54) is 0 Å². The first-order chi connectivity index (χ1) is 7.12. The number of nitrogens with zero attached hydrogens (tertiary/aromatic N) is 1. The molecule has 1 nitrogen and oxygen atoms in total. The molecule has 1 aliphatic heterocycles. The van der Waals surface area contributed by atoms with Crippen molar-refractivity contribution in [1.82, 2.24) is 0 Å². The zero-order chi connectivity index (χ0) is 10.9. The zero-order valence-electron chi connectivity index (χ0n) is 9.20. The van der Waals surface area contributed by atoms with Gasteiger partial charge in [-0.1, -0.05) is 37.3 Å². The Hall–Kier alpha value is -1.18. The number of hydrogen-bond donors (Lipinski definition) is 0. The molecule has 2 unspecified atom stereocenters. The van der Waals surface area contributed by atoms with E-state index in [-0.39, 0.29) is 17.4 Å². The Morgan fingerprint density at radius 1 is 1.33 bits per heavy atom. The fourth-order valence-corrected chi connectivity index (χ4v) is 2.02. The number of halogens is 1. The minimum absolute atomic E-state index is 0.0122. The van der Waals surface area contributed by atoms with Crippen molar-refractivity contribution in [2.75, 3.05) is 0 Å². The van der Waals surface area contributed by atoms with Crippen LogP contribution in [0.2, 0.25) is 0 Å². The van der Waals surface area contributed by atoms with Crippen molar-refractivity contribution in [1.29, 1.82) is 0 Å². The van der Waals surface area contributed by atoms with E-state index in [1.54, 1.807) is 0 Å². The number of benzene rings is 1. The summed E-state index contributed by atoms with van der Waals surface area (Å²) in [6.45, 7) is 3.90. The molecule has 0 spiro atoms. The van der Waals surface area contributed by atoms with E-state index < -0.39 is 0 Å². The van der Waals surface area contributed by atoms with Crippen LogP contribution in [0.3, 0.4) is 0 Å². The molecule has 0 N–H and O–H groups in total. The van der Waals surface area contributed by atoms with Crippen molar-refractivity contribution in [3.05, 3.63) is 35.9 Å². The third-order valence-electron chi connectivity index (χ3n) is 3.22. The highest BCUT2D eigenvalue weighted by molar-refractivity contribution is 5.78. The molecule has 0 saturated carbocycles. The summed E-state index contributed by atoms with van der Waals surface area (Å²) in [6, 6.07) is 9.97. The number of rotatable bonds is 1. The van der Waals surface area contributed by atoms with Crippen molar-refractivity contribution in [2.45, 2.75) is 32.2 Å². The maximum Gasteiger partial charge on any atom is 0.188 e. The maximum atomic E-state index is 13.5. The van der Waals surface area contributed by atoms with Gasteiger partial charge in [0.1, 0.15) is 0 Å². The summed E-state index contributed by atoms with van der Waals surface area (Å²) < 4.78 is 13.5. The lowest BCUT2D eigenvalue weighted by atomic mass is 9.83. The SMILES string of the molecule is CC1CCC(C)(c2ccccc2)N=C1F. The Bertz CT molecular complexity index is 371. The zero-order valence-corrected chi connectivity index (χ0v) is 9.20. The molecule has 1 aromatic rings. The minimum atomic E-state index is -0.363. The molecule has 2 atom stereocenters. The number of hydrogen-bond acceptors (Lipinski definition) is 1. The van der Waals surface area contributed by atoms with Crippen LogP contribution in [0, 0.1) is 5.92 Å². The largest absolute Gasteiger partial charge is 0.250 e. The molecule has 0 amide bonds. The summed E-state index contributed by atoms with van der Waals surface area (Å²) in [4.78, 5) is 4.22. The molecule has 15 heavy (non-hydrogen) atoms. The van der Waals surface area contributed by atoms with Gasteiger partial charge in [0.2, 0.25) is 0 Å². The van der Waals surface area contributed by atoms with Gasteiger partial charge in [-0.15, -0.1) is 0 Å². The quantitative estimate of drug-likeness (QED) is 0.663. The van der Waals surface area contributed by atoms with Gasteiger partial charge in [-0.05, 0) is 25.3 Å². The van der Waals surface area contributed by atoms with Gasteiger partial charge in [-0.2, -0.15) is 4.39 Å². The average molecular weight is 205 g/mol. The van der Waals surface area contributed by atoms with E-state index >= 15 is 0 Å². The van der Waals surface area contributed by atoms with E-state index in [1.807, 2.05) is 44.2 Å². The molecular formula is C13H16FN. The fraction of sp³-hybridized carbons (Fsp3) is 0.462. The molecule has 2 heteroatoms. The van der Waals surface area contributed by atoms with Crippen LogP contribution >= 0.6 is 0 Å². The van der Waals surface area contributed by atoms with Crippen molar-refractivity contribution >= 4 is 5.97 Å². The topological polar surface area (TPSA) is 12.4 Å². The summed E-state index contributed by atoms with van der Waals surface area (Å²) in [7, 11) is 0. The van der Waals surface area contributed by atoms with Crippen LogP contribution in [0.5, 0.6) is 0 Å². The van der Waals surface area contributed by atoms with Gasteiger partial charge in [0.15, 0.2) is 5.97 Å². The van der Waals surface area contributed by atoms with Crippen LogP contribution in [-0.4, -0.2) is 5.97 Å². The molecule has 80 valence electrons. The molecule has 0 bridgehead atoms. The van der Waals surface area contributed by atoms with Crippen LogP contribution in [0.25, 0.3) is 0 Å². The van der Waals surface area contributed by atoms with Crippen LogP contribution in [0.1, 0.15) is 32.3 Å². The summed E-state index contributed by atoms with van der Waals surface area (Å²) in [5.41, 5.74) is 0.741. The Morgan fingerprint density at radius 2 is 2.00 bits per heavy atom. The highest BCUT2D eigenvalue weighted by Crippen LogP contribution is 2.36. The lowest BCUT2D eigenvalue weighted by Crippen LogP contribution is -2.28. The smallest absolute Gasteiger partial charge is 0.188 e. The summed E-state index contributed by atoms with van der Waals surface area (Å²) >= 11 is 0. The van der Waals surface area contributed by atoms with Crippen LogP contribution in [-0.2, 0) is 5.54 Å². The monoisotopic (exact) mass is 205 g/mol. The first kappa shape index (κ1) is 10.3. The summed E-state index contributed by atoms with van der Waals surface area (Å²) in [5.74, 6) is -0.214. The van der Waals surface area contributed by atoms with Gasteiger partial charge in [0.05, 0.1) is 5.54 Å². The van der Waals surface area contributed by atoms with Gasteiger partial charge in [0.25, 0.3) is 0 Å². The molecule has 0 radical (unpaired) electrons. The summed E-state index contributed by atoms with van der Waals surface area (Å²) in [5, 5.41) is 0. The van der Waals surface area contributed by atoms with Crippen molar-refractivity contribution in [2.24, 2.45) is 10.9 Å². The predicted molar refractivity (Wildman–Crippen MR) is 60.7 cm³/mol.